The zero-order valence-electron chi connectivity index (χ0n) is 10.1. The minimum absolute atomic E-state index is 0.367. The van der Waals surface area contributed by atoms with E-state index >= 15 is 0 Å². The highest BCUT2D eigenvalue weighted by Crippen LogP contribution is 2.34. The molecule has 0 spiro atoms. The number of benzene rings is 1. The number of likely N-dealkylation sites (tertiary alicyclic amines) is 1. The molecule has 90 valence electrons. The van der Waals surface area contributed by atoms with Gasteiger partial charge in [-0.05, 0) is 37.7 Å². The van der Waals surface area contributed by atoms with Gasteiger partial charge in [0, 0.05) is 18.5 Å². The highest BCUT2D eigenvalue weighted by Gasteiger charge is 2.38. The summed E-state index contributed by atoms with van der Waals surface area (Å²) in [5.41, 5.74) is 1.35. The van der Waals surface area contributed by atoms with Gasteiger partial charge in [0.1, 0.15) is 0 Å². The second kappa shape index (κ2) is 4.52. The third-order valence-electron chi connectivity index (χ3n) is 3.90. The van der Waals surface area contributed by atoms with Crippen LogP contribution in [0.4, 0.5) is 0 Å². The van der Waals surface area contributed by atoms with Gasteiger partial charge >= 0.3 is 0 Å². The van der Waals surface area contributed by atoms with E-state index in [4.69, 9.17) is 0 Å². The maximum Gasteiger partial charge on any atom is 0.225 e. The smallest absolute Gasteiger partial charge is 0.225 e. The average molecular weight is 229 g/mol. The molecule has 0 aromatic heterocycles. The predicted octanol–water partition coefficient (Wildman–Crippen LogP) is 2.63. The van der Waals surface area contributed by atoms with E-state index in [0.717, 1.165) is 25.8 Å². The Morgan fingerprint density at radius 3 is 2.65 bits per heavy atom. The first kappa shape index (κ1) is 10.8. The highest BCUT2D eigenvalue weighted by molar-refractivity contribution is 5.81. The minimum atomic E-state index is 0.367. The molecule has 17 heavy (non-hydrogen) atoms. The molecule has 1 saturated carbocycles. The molecule has 1 aliphatic heterocycles. The van der Waals surface area contributed by atoms with Crippen molar-refractivity contribution in [3.05, 3.63) is 35.9 Å². The maximum atomic E-state index is 12.1. The van der Waals surface area contributed by atoms with Crippen molar-refractivity contribution in [2.45, 2.75) is 38.1 Å². The number of carbonyl (C=O) groups is 1. The molecule has 0 bridgehead atoms. The van der Waals surface area contributed by atoms with Crippen molar-refractivity contribution < 1.29 is 4.79 Å². The van der Waals surface area contributed by atoms with Crippen molar-refractivity contribution in [2.24, 2.45) is 5.92 Å². The summed E-state index contributed by atoms with van der Waals surface area (Å²) < 4.78 is 0. The number of nitrogens with zero attached hydrogens (tertiary/aromatic N) is 1. The van der Waals surface area contributed by atoms with Gasteiger partial charge in [-0.3, -0.25) is 4.79 Å². The lowest BCUT2D eigenvalue weighted by Gasteiger charge is -2.25. The van der Waals surface area contributed by atoms with Crippen molar-refractivity contribution in [2.75, 3.05) is 6.54 Å². The number of hydrogen-bond donors (Lipinski definition) is 0. The Bertz CT molecular complexity index is 397. The fourth-order valence-electron chi connectivity index (χ4n) is 2.79. The molecule has 1 aliphatic carbocycles. The lowest BCUT2D eigenvalue weighted by molar-refractivity contribution is -0.133. The van der Waals surface area contributed by atoms with Crippen LogP contribution >= 0.6 is 0 Å². The Balaban J connectivity index is 1.67. The van der Waals surface area contributed by atoms with Crippen LogP contribution in [-0.2, 0) is 11.2 Å². The summed E-state index contributed by atoms with van der Waals surface area (Å²) in [4.78, 5) is 14.3. The topological polar surface area (TPSA) is 20.3 Å². The molecule has 1 saturated heterocycles. The second-order valence-corrected chi connectivity index (χ2v) is 5.29. The van der Waals surface area contributed by atoms with Crippen LogP contribution in [0.1, 0.15) is 31.2 Å². The fourth-order valence-corrected chi connectivity index (χ4v) is 2.79. The van der Waals surface area contributed by atoms with Crippen LogP contribution in [0, 0.1) is 5.92 Å². The van der Waals surface area contributed by atoms with Crippen molar-refractivity contribution >= 4 is 5.91 Å². The molecule has 1 heterocycles. The van der Waals surface area contributed by atoms with Crippen molar-refractivity contribution in [3.8, 4) is 0 Å². The van der Waals surface area contributed by atoms with Gasteiger partial charge < -0.3 is 4.90 Å². The van der Waals surface area contributed by atoms with Gasteiger partial charge in [-0.2, -0.15) is 0 Å². The van der Waals surface area contributed by atoms with Crippen molar-refractivity contribution in [1.29, 1.82) is 0 Å². The summed E-state index contributed by atoms with van der Waals surface area (Å²) >= 11 is 0. The normalized spacial score (nSPS) is 24.0. The number of rotatable bonds is 3. The standard InChI is InChI=1S/C15H19NO/c17-15(13-8-9-13)16-10-4-7-14(16)11-12-5-2-1-3-6-12/h1-3,5-6,13-14H,4,7-11H2. The van der Waals surface area contributed by atoms with E-state index in [2.05, 4.69) is 29.2 Å². The van der Waals surface area contributed by atoms with Gasteiger partial charge in [0.15, 0.2) is 0 Å². The molecule has 1 aromatic rings. The van der Waals surface area contributed by atoms with E-state index in [9.17, 15) is 4.79 Å². The quantitative estimate of drug-likeness (QED) is 0.780. The summed E-state index contributed by atoms with van der Waals surface area (Å²) in [5, 5.41) is 0. The zero-order valence-corrected chi connectivity index (χ0v) is 10.1. The molecule has 0 N–H and O–H groups in total. The summed E-state index contributed by atoms with van der Waals surface area (Å²) in [6.07, 6.45) is 5.61. The largest absolute Gasteiger partial charge is 0.339 e. The Morgan fingerprint density at radius 1 is 1.18 bits per heavy atom. The Kier molecular flexibility index (Phi) is 2.87. The second-order valence-electron chi connectivity index (χ2n) is 5.29. The van der Waals surface area contributed by atoms with Crippen molar-refractivity contribution in [1.82, 2.24) is 4.90 Å². The van der Waals surface area contributed by atoms with Crippen molar-refractivity contribution in [3.63, 3.8) is 0 Å². The third-order valence-corrected chi connectivity index (χ3v) is 3.90. The first-order valence-corrected chi connectivity index (χ1v) is 6.69. The van der Waals surface area contributed by atoms with Gasteiger partial charge in [-0.1, -0.05) is 30.3 Å². The first-order chi connectivity index (χ1) is 8.34. The van der Waals surface area contributed by atoms with E-state index in [-0.39, 0.29) is 0 Å². The van der Waals surface area contributed by atoms with Crippen LogP contribution in [0.2, 0.25) is 0 Å². The van der Waals surface area contributed by atoms with Crippen LogP contribution in [0.15, 0.2) is 30.3 Å². The third kappa shape index (κ3) is 2.36. The molecule has 2 aliphatic rings. The van der Waals surface area contributed by atoms with Gasteiger partial charge in [0.25, 0.3) is 0 Å². The van der Waals surface area contributed by atoms with Crippen LogP contribution < -0.4 is 0 Å². The highest BCUT2D eigenvalue weighted by atomic mass is 16.2. The number of amides is 1. The number of carbonyl (C=O) groups excluding carboxylic acids is 1. The molecule has 2 nitrogen and oxygen atoms in total. The maximum absolute atomic E-state index is 12.1. The van der Waals surface area contributed by atoms with Crippen LogP contribution in [0.5, 0.6) is 0 Å². The lowest BCUT2D eigenvalue weighted by atomic mass is 10.0. The van der Waals surface area contributed by atoms with E-state index in [1.807, 2.05) is 6.07 Å². The monoisotopic (exact) mass is 229 g/mol. The summed E-state index contributed by atoms with van der Waals surface area (Å²) in [5.74, 6) is 0.787. The summed E-state index contributed by atoms with van der Waals surface area (Å²) in [6, 6.07) is 11.0. The van der Waals surface area contributed by atoms with Gasteiger partial charge in [-0.25, -0.2) is 0 Å². The Hall–Kier alpha value is -1.31. The molecule has 1 aromatic carbocycles. The molecule has 2 heteroatoms. The SMILES string of the molecule is O=C(C1CC1)N1CCCC1Cc1ccccc1. The van der Waals surface area contributed by atoms with E-state index in [1.54, 1.807) is 0 Å². The van der Waals surface area contributed by atoms with Crippen LogP contribution in [0.25, 0.3) is 0 Å². The number of hydrogen-bond acceptors (Lipinski definition) is 1. The van der Waals surface area contributed by atoms with Gasteiger partial charge in [0.2, 0.25) is 5.91 Å². The van der Waals surface area contributed by atoms with E-state index in [0.29, 0.717) is 17.9 Å². The van der Waals surface area contributed by atoms with Gasteiger partial charge in [-0.15, -0.1) is 0 Å². The summed E-state index contributed by atoms with van der Waals surface area (Å²) in [7, 11) is 0. The molecule has 3 rings (SSSR count). The molecule has 1 atom stereocenters. The minimum Gasteiger partial charge on any atom is -0.339 e. The average Bonchev–Trinajstić information content (AvgIpc) is 3.11. The molecular formula is C15H19NO. The summed E-state index contributed by atoms with van der Waals surface area (Å²) in [6.45, 7) is 0.979. The Morgan fingerprint density at radius 2 is 1.94 bits per heavy atom. The van der Waals surface area contributed by atoms with Crippen LogP contribution in [0.3, 0.4) is 0 Å². The molecule has 1 amide bonds. The van der Waals surface area contributed by atoms with E-state index < -0.39 is 0 Å². The Labute approximate surface area is 103 Å². The van der Waals surface area contributed by atoms with Gasteiger partial charge in [0.05, 0.1) is 0 Å². The molecule has 1 unspecified atom stereocenters. The first-order valence-electron chi connectivity index (χ1n) is 6.69. The molecular weight excluding hydrogens is 210 g/mol. The fraction of sp³-hybridized carbons (Fsp3) is 0.533. The van der Waals surface area contributed by atoms with E-state index in [1.165, 1.54) is 18.4 Å². The van der Waals surface area contributed by atoms with Crippen LogP contribution in [-0.4, -0.2) is 23.4 Å². The molecule has 0 radical (unpaired) electrons. The molecule has 2 fully saturated rings. The zero-order chi connectivity index (χ0) is 11.7. The predicted molar refractivity (Wildman–Crippen MR) is 67.6 cm³/mol. The lowest BCUT2D eigenvalue weighted by Crippen LogP contribution is -2.37.